The van der Waals surface area contributed by atoms with Gasteiger partial charge < -0.3 is 25.3 Å². The third kappa shape index (κ3) is 3.98. The molecule has 9 nitrogen and oxygen atoms in total. The highest BCUT2D eigenvalue weighted by Gasteiger charge is 2.46. The number of aliphatic imine (C=N–C) groups is 2. The molecule has 0 spiro atoms. The minimum atomic E-state index is -0.862. The monoisotopic (exact) mass is 448 g/mol. The molecule has 2 aliphatic heterocycles. The first-order valence-electron chi connectivity index (χ1n) is 11.2. The predicted octanol–water partition coefficient (Wildman–Crippen LogP) is 2.17. The second-order valence-electron chi connectivity index (χ2n) is 8.65. The molecule has 33 heavy (non-hydrogen) atoms. The number of oxime groups is 1. The fourth-order valence-electron chi connectivity index (χ4n) is 5.00. The lowest BCUT2D eigenvalue weighted by molar-refractivity contribution is 0.00293. The summed E-state index contributed by atoms with van der Waals surface area (Å²) in [6, 6.07) is 10.1. The van der Waals surface area contributed by atoms with Crippen LogP contribution in [-0.4, -0.2) is 70.5 Å². The summed E-state index contributed by atoms with van der Waals surface area (Å²) in [5.41, 5.74) is 2.12. The number of amidine groups is 2. The Morgan fingerprint density at radius 3 is 2.88 bits per heavy atom. The summed E-state index contributed by atoms with van der Waals surface area (Å²) in [7, 11) is 3.34. The number of nitrogens with zero attached hydrogens (tertiary/aromatic N) is 5. The molecule has 3 N–H and O–H groups in total. The highest BCUT2D eigenvalue weighted by Crippen LogP contribution is 2.37. The SMILES string of the molecule is CNc1ccc2ccc(CC[C@H]3C[C@@H](N4C=CC5C4=NC=N/C5=N\OC)[C@H](O)[C@@H]3O)cc2n1. The van der Waals surface area contributed by atoms with Gasteiger partial charge in [0.2, 0.25) is 0 Å². The minimum absolute atomic E-state index is 0.0188. The van der Waals surface area contributed by atoms with E-state index in [1.54, 1.807) is 0 Å². The van der Waals surface area contributed by atoms with Gasteiger partial charge in [-0.2, -0.15) is 0 Å². The molecule has 172 valence electrons. The molecule has 5 rings (SSSR count). The molecule has 0 amide bonds. The number of nitrogens with one attached hydrogen (secondary N) is 1. The highest BCUT2D eigenvalue weighted by atomic mass is 16.6. The first-order valence-corrected chi connectivity index (χ1v) is 11.2. The molecule has 1 aliphatic carbocycles. The van der Waals surface area contributed by atoms with Gasteiger partial charge in [0.1, 0.15) is 37.1 Å². The van der Waals surface area contributed by atoms with Crippen LogP contribution in [0.4, 0.5) is 5.82 Å². The minimum Gasteiger partial charge on any atom is -0.398 e. The zero-order valence-corrected chi connectivity index (χ0v) is 18.7. The van der Waals surface area contributed by atoms with Crippen molar-refractivity contribution < 1.29 is 15.1 Å². The quantitative estimate of drug-likeness (QED) is 0.584. The summed E-state index contributed by atoms with van der Waals surface area (Å²) in [6.07, 6.45) is 5.90. The van der Waals surface area contributed by atoms with Crippen LogP contribution in [0.5, 0.6) is 0 Å². The summed E-state index contributed by atoms with van der Waals surface area (Å²) in [5.74, 6) is 1.89. The van der Waals surface area contributed by atoms with E-state index >= 15 is 0 Å². The van der Waals surface area contributed by atoms with Crippen LogP contribution in [0.2, 0.25) is 0 Å². The van der Waals surface area contributed by atoms with Gasteiger partial charge >= 0.3 is 0 Å². The van der Waals surface area contributed by atoms with Crippen molar-refractivity contribution in [3.05, 3.63) is 48.2 Å². The number of fused-ring (bicyclic) bond motifs is 2. The lowest BCUT2D eigenvalue weighted by Crippen LogP contribution is -2.44. The first kappa shape index (κ1) is 21.5. The molecule has 5 atom stereocenters. The first-order chi connectivity index (χ1) is 16.1. The molecule has 0 bridgehead atoms. The van der Waals surface area contributed by atoms with Crippen molar-refractivity contribution in [2.45, 2.75) is 37.5 Å². The van der Waals surface area contributed by atoms with Crippen LogP contribution < -0.4 is 5.32 Å². The predicted molar refractivity (Wildman–Crippen MR) is 128 cm³/mol. The van der Waals surface area contributed by atoms with Gasteiger partial charge in [0.15, 0.2) is 5.84 Å². The third-order valence-corrected chi connectivity index (χ3v) is 6.77. The van der Waals surface area contributed by atoms with Crippen molar-refractivity contribution in [3.8, 4) is 0 Å². The van der Waals surface area contributed by atoms with Gasteiger partial charge in [-0.3, -0.25) is 0 Å². The maximum absolute atomic E-state index is 10.9. The van der Waals surface area contributed by atoms with E-state index in [0.29, 0.717) is 12.3 Å². The topological polar surface area (TPSA) is 115 Å². The molecule has 1 saturated carbocycles. The zero-order chi connectivity index (χ0) is 22.9. The Balaban J connectivity index is 1.27. The molecule has 1 fully saturated rings. The smallest absolute Gasteiger partial charge is 0.183 e. The summed E-state index contributed by atoms with van der Waals surface area (Å²) in [4.78, 5) is 20.1. The van der Waals surface area contributed by atoms with Crippen LogP contribution in [0.1, 0.15) is 18.4 Å². The standard InChI is InChI=1S/C24H28N6O3/c1-25-20-8-7-15-5-3-14(11-18(15)28-20)4-6-16-12-19(22(32)21(16)31)30-10-9-17-23(29-33-2)26-13-27-24(17)30/h3,5,7-11,13,16-17,19,21-22,31-32H,4,6,12H2,1-2H3,(H,25,28)/b29-23-/t16-,17?,19+,21+,22-/m0/s1. The van der Waals surface area contributed by atoms with Gasteiger partial charge in [-0.05, 0) is 55.0 Å². The number of hydrogen-bond acceptors (Lipinski definition) is 8. The molecule has 3 aliphatic rings. The van der Waals surface area contributed by atoms with Gasteiger partial charge in [0, 0.05) is 18.6 Å². The Hall–Kier alpha value is -3.30. The van der Waals surface area contributed by atoms with Crippen LogP contribution in [0.3, 0.4) is 0 Å². The number of aliphatic hydroxyl groups excluding tert-OH is 2. The number of rotatable bonds is 6. The van der Waals surface area contributed by atoms with E-state index in [9.17, 15) is 10.2 Å². The Morgan fingerprint density at radius 1 is 1.21 bits per heavy atom. The second-order valence-corrected chi connectivity index (χ2v) is 8.65. The fourth-order valence-corrected chi connectivity index (χ4v) is 5.00. The van der Waals surface area contributed by atoms with E-state index in [2.05, 4.69) is 49.7 Å². The average molecular weight is 449 g/mol. The van der Waals surface area contributed by atoms with Crippen molar-refractivity contribution in [2.24, 2.45) is 27.0 Å². The Morgan fingerprint density at radius 2 is 2.06 bits per heavy atom. The van der Waals surface area contributed by atoms with E-state index < -0.39 is 12.2 Å². The second kappa shape index (κ2) is 8.92. The number of aryl methyl sites for hydroxylation is 1. The summed E-state index contributed by atoms with van der Waals surface area (Å²) >= 11 is 0. The summed E-state index contributed by atoms with van der Waals surface area (Å²) < 4.78 is 0. The van der Waals surface area contributed by atoms with E-state index in [0.717, 1.165) is 35.4 Å². The normalized spacial score (nSPS) is 29.6. The molecule has 0 radical (unpaired) electrons. The Bertz CT molecular complexity index is 1160. The zero-order valence-electron chi connectivity index (χ0n) is 18.7. The lowest BCUT2D eigenvalue weighted by Gasteiger charge is -2.29. The molecule has 1 unspecified atom stereocenters. The Kier molecular flexibility index (Phi) is 5.82. The van der Waals surface area contributed by atoms with E-state index in [4.69, 9.17) is 4.84 Å². The van der Waals surface area contributed by atoms with Crippen molar-refractivity contribution in [3.63, 3.8) is 0 Å². The van der Waals surface area contributed by atoms with Gasteiger partial charge in [0.25, 0.3) is 0 Å². The highest BCUT2D eigenvalue weighted by molar-refractivity contribution is 6.15. The van der Waals surface area contributed by atoms with Crippen LogP contribution in [0.15, 0.2) is 57.7 Å². The summed E-state index contributed by atoms with van der Waals surface area (Å²) in [5, 5.41) is 29.8. The largest absolute Gasteiger partial charge is 0.398 e. The fraction of sp³-hybridized carbons (Fsp3) is 0.417. The van der Waals surface area contributed by atoms with Crippen molar-refractivity contribution in [1.82, 2.24) is 9.88 Å². The number of anilines is 1. The van der Waals surface area contributed by atoms with Gasteiger partial charge in [-0.1, -0.05) is 17.3 Å². The number of aliphatic hydroxyl groups is 2. The van der Waals surface area contributed by atoms with Gasteiger partial charge in [0.05, 0.1) is 17.7 Å². The van der Waals surface area contributed by atoms with Crippen molar-refractivity contribution in [2.75, 3.05) is 19.5 Å². The molecule has 9 heteroatoms. The van der Waals surface area contributed by atoms with Crippen molar-refractivity contribution >= 4 is 34.7 Å². The maximum atomic E-state index is 10.9. The molecule has 3 heterocycles. The Labute approximate surface area is 192 Å². The number of hydrogen-bond donors (Lipinski definition) is 3. The summed E-state index contributed by atoms with van der Waals surface area (Å²) in [6.45, 7) is 0. The lowest BCUT2D eigenvalue weighted by atomic mass is 9.95. The third-order valence-electron chi connectivity index (χ3n) is 6.77. The number of benzene rings is 1. The molecule has 2 aromatic rings. The van der Waals surface area contributed by atoms with E-state index in [1.807, 2.05) is 30.3 Å². The van der Waals surface area contributed by atoms with Crippen LogP contribution in [0, 0.1) is 11.8 Å². The van der Waals surface area contributed by atoms with Crippen LogP contribution >= 0.6 is 0 Å². The average Bonchev–Trinajstić information content (AvgIpc) is 3.39. The van der Waals surface area contributed by atoms with Gasteiger partial charge in [-0.15, -0.1) is 0 Å². The van der Waals surface area contributed by atoms with Crippen LogP contribution in [-0.2, 0) is 11.3 Å². The molecular weight excluding hydrogens is 420 g/mol. The molecule has 1 aromatic heterocycles. The van der Waals surface area contributed by atoms with Gasteiger partial charge in [-0.25, -0.2) is 15.0 Å². The number of pyridine rings is 1. The van der Waals surface area contributed by atoms with Crippen LogP contribution in [0.25, 0.3) is 10.9 Å². The molecule has 0 saturated heterocycles. The van der Waals surface area contributed by atoms with Crippen molar-refractivity contribution in [1.29, 1.82) is 0 Å². The number of aromatic nitrogens is 1. The van der Waals surface area contributed by atoms with E-state index in [-0.39, 0.29) is 17.9 Å². The molecular formula is C24H28N6O3. The molecule has 1 aromatic carbocycles. The van der Waals surface area contributed by atoms with E-state index in [1.165, 1.54) is 19.0 Å². The maximum Gasteiger partial charge on any atom is 0.183 e.